The first kappa shape index (κ1) is 12.3. The van der Waals surface area contributed by atoms with Crippen molar-refractivity contribution in [1.82, 2.24) is 5.32 Å². The highest BCUT2D eigenvalue weighted by Gasteiger charge is 2.22. The fourth-order valence-electron chi connectivity index (χ4n) is 1.30. The van der Waals surface area contributed by atoms with Gasteiger partial charge in [0.2, 0.25) is 5.91 Å². The molecule has 0 aromatic carbocycles. The van der Waals surface area contributed by atoms with Crippen LogP contribution >= 0.6 is 11.8 Å². The smallest absolute Gasteiger partial charge is 0.327 e. The second-order valence-electron chi connectivity index (χ2n) is 3.41. The van der Waals surface area contributed by atoms with E-state index < -0.39 is 12.0 Å². The fourth-order valence-corrected chi connectivity index (χ4v) is 2.44. The fraction of sp³-hybridized carbons (Fsp3) is 0.778. The summed E-state index contributed by atoms with van der Waals surface area (Å²) >= 11 is 1.54. The van der Waals surface area contributed by atoms with Crippen LogP contribution in [0, 0.1) is 0 Å². The topological polar surface area (TPSA) is 75.6 Å². The Morgan fingerprint density at radius 1 is 1.67 bits per heavy atom. The Bertz CT molecular complexity index is 240. The lowest BCUT2D eigenvalue weighted by Crippen LogP contribution is -2.41. The Kier molecular flexibility index (Phi) is 4.90. The van der Waals surface area contributed by atoms with Gasteiger partial charge in [0.25, 0.3) is 0 Å². The summed E-state index contributed by atoms with van der Waals surface area (Å²) in [5.41, 5.74) is 0. The molecular formula is C9H15NO4S. The Hall–Kier alpha value is -0.750. The van der Waals surface area contributed by atoms with Crippen molar-refractivity contribution in [1.29, 1.82) is 0 Å². The molecule has 0 radical (unpaired) electrons. The van der Waals surface area contributed by atoms with E-state index in [1.807, 2.05) is 0 Å². The molecule has 86 valence electrons. The molecule has 1 heterocycles. The Labute approximate surface area is 92.6 Å². The number of thioether (sulfide) groups is 1. The van der Waals surface area contributed by atoms with E-state index in [0.29, 0.717) is 17.6 Å². The Morgan fingerprint density at radius 3 is 2.87 bits per heavy atom. The molecule has 1 fully saturated rings. The minimum absolute atomic E-state index is 0.314. The number of ether oxygens (including phenoxy) is 1. The average Bonchev–Trinajstić information content (AvgIpc) is 2.63. The lowest BCUT2D eigenvalue weighted by atomic mass is 10.3. The van der Waals surface area contributed by atoms with E-state index in [1.54, 1.807) is 11.8 Å². The monoisotopic (exact) mass is 233 g/mol. The van der Waals surface area contributed by atoms with E-state index in [-0.39, 0.29) is 5.91 Å². The van der Waals surface area contributed by atoms with Crippen LogP contribution in [0.2, 0.25) is 0 Å². The third-order valence-corrected chi connectivity index (χ3v) is 3.43. The summed E-state index contributed by atoms with van der Waals surface area (Å²) in [6, 6.07) is -0.798. The van der Waals surface area contributed by atoms with Crippen LogP contribution in [-0.2, 0) is 14.3 Å². The summed E-state index contributed by atoms with van der Waals surface area (Å²) in [6.07, 6.45) is 0.955. The molecule has 1 aliphatic rings. The molecule has 15 heavy (non-hydrogen) atoms. The molecule has 1 amide bonds. The second-order valence-corrected chi connectivity index (χ2v) is 4.74. The number of nitrogens with one attached hydrogen (secondary N) is 1. The number of carbonyl (C=O) groups is 2. The van der Waals surface area contributed by atoms with Crippen LogP contribution < -0.4 is 5.32 Å². The van der Waals surface area contributed by atoms with Gasteiger partial charge in [-0.2, -0.15) is 11.8 Å². The molecule has 2 unspecified atom stereocenters. The summed E-state index contributed by atoms with van der Waals surface area (Å²) in [6.45, 7) is 2.74. The number of hydrogen-bond donors (Lipinski definition) is 2. The Balaban J connectivity index is 2.30. The van der Waals surface area contributed by atoms with Crippen molar-refractivity contribution in [2.24, 2.45) is 0 Å². The van der Waals surface area contributed by atoms with Crippen molar-refractivity contribution in [2.75, 3.05) is 19.0 Å². The number of carbonyl (C=O) groups excluding carboxylic acids is 1. The highest BCUT2D eigenvalue weighted by Crippen LogP contribution is 2.20. The van der Waals surface area contributed by atoms with Gasteiger partial charge < -0.3 is 15.2 Å². The summed E-state index contributed by atoms with van der Waals surface area (Å²) in [5, 5.41) is 11.6. The molecular weight excluding hydrogens is 218 g/mol. The minimum Gasteiger partial charge on any atom is -0.480 e. The quantitative estimate of drug-likeness (QED) is 0.704. The average molecular weight is 233 g/mol. The maximum atomic E-state index is 10.8. The van der Waals surface area contributed by atoms with Crippen molar-refractivity contribution in [3.8, 4) is 0 Å². The minimum atomic E-state index is -0.989. The number of aliphatic carboxylic acids is 1. The largest absolute Gasteiger partial charge is 0.480 e. The number of hydrogen-bond acceptors (Lipinski definition) is 4. The zero-order valence-corrected chi connectivity index (χ0v) is 9.38. The molecule has 0 bridgehead atoms. The second kappa shape index (κ2) is 5.97. The van der Waals surface area contributed by atoms with Gasteiger partial charge in [0.05, 0.1) is 6.61 Å². The molecule has 0 aromatic rings. The van der Waals surface area contributed by atoms with E-state index >= 15 is 0 Å². The van der Waals surface area contributed by atoms with Crippen molar-refractivity contribution in [3.05, 3.63) is 0 Å². The molecule has 0 aliphatic carbocycles. The maximum Gasteiger partial charge on any atom is 0.327 e. The van der Waals surface area contributed by atoms with Crippen LogP contribution in [0.15, 0.2) is 0 Å². The predicted molar refractivity (Wildman–Crippen MR) is 56.9 cm³/mol. The first-order chi connectivity index (χ1) is 7.09. The van der Waals surface area contributed by atoms with Crippen LogP contribution in [0.5, 0.6) is 0 Å². The number of carboxylic acid groups (broad SMARTS) is 1. The van der Waals surface area contributed by atoms with Crippen LogP contribution in [0.1, 0.15) is 13.3 Å². The van der Waals surface area contributed by atoms with Crippen LogP contribution in [-0.4, -0.2) is 47.2 Å². The van der Waals surface area contributed by atoms with E-state index in [9.17, 15) is 9.59 Å². The van der Waals surface area contributed by atoms with Gasteiger partial charge in [-0.25, -0.2) is 4.79 Å². The van der Waals surface area contributed by atoms with Crippen molar-refractivity contribution < 1.29 is 19.4 Å². The Morgan fingerprint density at radius 2 is 2.40 bits per heavy atom. The molecule has 1 saturated heterocycles. The van der Waals surface area contributed by atoms with Crippen LogP contribution in [0.3, 0.4) is 0 Å². The van der Waals surface area contributed by atoms with Gasteiger partial charge in [0, 0.05) is 24.5 Å². The van der Waals surface area contributed by atoms with Crippen molar-refractivity contribution in [2.45, 2.75) is 24.6 Å². The standard InChI is InChI=1S/C9H15NO4S/c1-6(11)10-8(9(12)13)5-15-7-2-3-14-4-7/h7-8H,2-5H2,1H3,(H,10,11)(H,12,13). The van der Waals surface area contributed by atoms with Gasteiger partial charge in [-0.15, -0.1) is 0 Å². The van der Waals surface area contributed by atoms with E-state index in [2.05, 4.69) is 5.32 Å². The molecule has 2 N–H and O–H groups in total. The van der Waals surface area contributed by atoms with E-state index in [1.165, 1.54) is 6.92 Å². The summed E-state index contributed by atoms with van der Waals surface area (Å²) in [5.74, 6) is -0.912. The molecule has 0 saturated carbocycles. The van der Waals surface area contributed by atoms with Gasteiger partial charge in [0.1, 0.15) is 6.04 Å². The lowest BCUT2D eigenvalue weighted by molar-refractivity contribution is -0.140. The van der Waals surface area contributed by atoms with Gasteiger partial charge in [-0.3, -0.25) is 4.79 Å². The third-order valence-electron chi connectivity index (χ3n) is 2.06. The number of amides is 1. The van der Waals surface area contributed by atoms with Gasteiger partial charge in [-0.05, 0) is 6.42 Å². The SMILES string of the molecule is CC(=O)NC(CSC1CCOC1)C(=O)O. The van der Waals surface area contributed by atoms with Gasteiger partial charge in [-0.1, -0.05) is 0 Å². The van der Waals surface area contributed by atoms with Crippen molar-refractivity contribution >= 4 is 23.6 Å². The third kappa shape index (κ3) is 4.53. The van der Waals surface area contributed by atoms with Crippen LogP contribution in [0.25, 0.3) is 0 Å². The van der Waals surface area contributed by atoms with E-state index in [0.717, 1.165) is 13.0 Å². The zero-order chi connectivity index (χ0) is 11.3. The zero-order valence-electron chi connectivity index (χ0n) is 8.56. The van der Waals surface area contributed by atoms with Gasteiger partial charge in [0.15, 0.2) is 0 Å². The highest BCUT2D eigenvalue weighted by molar-refractivity contribution is 8.00. The van der Waals surface area contributed by atoms with Gasteiger partial charge >= 0.3 is 5.97 Å². The normalized spacial score (nSPS) is 22.3. The van der Waals surface area contributed by atoms with Crippen LogP contribution in [0.4, 0.5) is 0 Å². The lowest BCUT2D eigenvalue weighted by Gasteiger charge is -2.14. The molecule has 2 atom stereocenters. The maximum absolute atomic E-state index is 10.8. The number of rotatable bonds is 5. The van der Waals surface area contributed by atoms with E-state index in [4.69, 9.17) is 9.84 Å². The molecule has 6 heteroatoms. The summed E-state index contributed by atoms with van der Waals surface area (Å²) < 4.78 is 5.18. The molecule has 5 nitrogen and oxygen atoms in total. The summed E-state index contributed by atoms with van der Waals surface area (Å²) in [7, 11) is 0. The molecule has 1 rings (SSSR count). The first-order valence-electron chi connectivity index (χ1n) is 4.79. The first-order valence-corrected chi connectivity index (χ1v) is 5.83. The molecule has 0 aromatic heterocycles. The molecule has 0 spiro atoms. The molecule has 1 aliphatic heterocycles. The van der Waals surface area contributed by atoms with Crippen molar-refractivity contribution in [3.63, 3.8) is 0 Å². The predicted octanol–water partition coefficient (Wildman–Crippen LogP) is 0.0978. The highest BCUT2D eigenvalue weighted by atomic mass is 32.2. The number of carboxylic acids is 1. The summed E-state index contributed by atoms with van der Waals surface area (Å²) in [4.78, 5) is 21.5.